The highest BCUT2D eigenvalue weighted by Gasteiger charge is 2.24. The Bertz CT molecular complexity index is 1340. The predicted molar refractivity (Wildman–Crippen MR) is 133 cm³/mol. The van der Waals surface area contributed by atoms with Crippen molar-refractivity contribution in [2.45, 2.75) is 13.8 Å². The number of thiophene rings is 1. The molecule has 0 bridgehead atoms. The number of rotatable bonds is 3. The average molecular weight is 466 g/mol. The SMILES string of the molecule is COc1ccc2cc3cc(C(=O)N4CCN(c5ccc(C)cc5C)CC4)sc3nc2c1Cl. The van der Waals surface area contributed by atoms with Crippen LogP contribution >= 0.6 is 22.9 Å². The molecular formula is C25H24ClN3O2S. The molecule has 1 amide bonds. The van der Waals surface area contributed by atoms with Gasteiger partial charge in [-0.25, -0.2) is 4.98 Å². The van der Waals surface area contributed by atoms with Crippen LogP contribution in [0, 0.1) is 13.8 Å². The highest BCUT2D eigenvalue weighted by Crippen LogP contribution is 2.35. The Morgan fingerprint density at radius 1 is 1.03 bits per heavy atom. The molecule has 0 N–H and O–H groups in total. The first-order valence-corrected chi connectivity index (χ1v) is 11.8. The summed E-state index contributed by atoms with van der Waals surface area (Å²) in [5.74, 6) is 0.668. The molecule has 0 spiro atoms. The lowest BCUT2D eigenvalue weighted by atomic mass is 10.1. The zero-order valence-electron chi connectivity index (χ0n) is 18.3. The number of hydrogen-bond donors (Lipinski definition) is 0. The fourth-order valence-corrected chi connectivity index (χ4v) is 5.65. The lowest BCUT2D eigenvalue weighted by Crippen LogP contribution is -2.48. The van der Waals surface area contributed by atoms with Crippen LogP contribution in [0.15, 0.2) is 42.5 Å². The lowest BCUT2D eigenvalue weighted by Gasteiger charge is -2.36. The molecule has 5 rings (SSSR count). The zero-order chi connectivity index (χ0) is 22.4. The zero-order valence-corrected chi connectivity index (χ0v) is 19.9. The topological polar surface area (TPSA) is 45.7 Å². The lowest BCUT2D eigenvalue weighted by molar-refractivity contribution is 0.0751. The number of hydrogen-bond acceptors (Lipinski definition) is 5. The first-order valence-electron chi connectivity index (χ1n) is 10.6. The maximum absolute atomic E-state index is 13.2. The molecule has 1 fully saturated rings. The molecule has 2 aromatic heterocycles. The van der Waals surface area contributed by atoms with Crippen LogP contribution in [-0.4, -0.2) is 49.1 Å². The van der Waals surface area contributed by atoms with Crippen molar-refractivity contribution in [1.29, 1.82) is 0 Å². The summed E-state index contributed by atoms with van der Waals surface area (Å²) in [6.07, 6.45) is 0. The molecule has 4 aromatic rings. The van der Waals surface area contributed by atoms with E-state index in [-0.39, 0.29) is 5.91 Å². The second-order valence-electron chi connectivity index (χ2n) is 8.22. The summed E-state index contributed by atoms with van der Waals surface area (Å²) in [6.45, 7) is 7.34. The van der Waals surface area contributed by atoms with Crippen molar-refractivity contribution in [3.8, 4) is 5.75 Å². The molecule has 0 saturated carbocycles. The number of anilines is 1. The van der Waals surface area contributed by atoms with Crippen molar-refractivity contribution < 1.29 is 9.53 Å². The van der Waals surface area contributed by atoms with Gasteiger partial charge in [-0.1, -0.05) is 29.3 Å². The van der Waals surface area contributed by atoms with Gasteiger partial charge >= 0.3 is 0 Å². The summed E-state index contributed by atoms with van der Waals surface area (Å²) in [5, 5.41) is 2.39. The minimum Gasteiger partial charge on any atom is -0.495 e. The second kappa shape index (κ2) is 8.26. The van der Waals surface area contributed by atoms with Crippen LogP contribution in [-0.2, 0) is 0 Å². The molecule has 0 unspecified atom stereocenters. The van der Waals surface area contributed by atoms with Crippen LogP contribution in [0.25, 0.3) is 21.1 Å². The van der Waals surface area contributed by atoms with Gasteiger partial charge in [-0.05, 0) is 49.7 Å². The molecule has 1 aliphatic heterocycles. The largest absolute Gasteiger partial charge is 0.495 e. The van der Waals surface area contributed by atoms with Crippen LogP contribution in [0.3, 0.4) is 0 Å². The molecule has 0 atom stereocenters. The standard InChI is InChI=1S/C25H24ClN3O2S/c1-15-4-6-19(16(2)12-15)28-8-10-29(11-9-28)25(30)21-14-18-13-17-5-7-20(31-3)22(26)23(17)27-24(18)32-21/h4-7,12-14H,8-11H2,1-3H3. The number of benzene rings is 2. The van der Waals surface area contributed by atoms with Gasteiger partial charge in [0.05, 0.1) is 17.5 Å². The molecule has 7 heteroatoms. The van der Waals surface area contributed by atoms with Gasteiger partial charge < -0.3 is 14.5 Å². The second-order valence-corrected chi connectivity index (χ2v) is 9.62. The van der Waals surface area contributed by atoms with Crippen molar-refractivity contribution in [1.82, 2.24) is 9.88 Å². The van der Waals surface area contributed by atoms with E-state index in [9.17, 15) is 4.79 Å². The van der Waals surface area contributed by atoms with Gasteiger partial charge in [0.25, 0.3) is 5.91 Å². The van der Waals surface area contributed by atoms with Crippen LogP contribution < -0.4 is 9.64 Å². The summed E-state index contributed by atoms with van der Waals surface area (Å²) >= 11 is 7.88. The number of amides is 1. The normalized spacial score (nSPS) is 14.4. The van der Waals surface area contributed by atoms with Crippen LogP contribution in [0.1, 0.15) is 20.8 Å². The van der Waals surface area contributed by atoms with Gasteiger partial charge in [0.1, 0.15) is 15.6 Å². The van der Waals surface area contributed by atoms with E-state index in [4.69, 9.17) is 21.3 Å². The highest BCUT2D eigenvalue weighted by atomic mass is 35.5. The Kier molecular flexibility index (Phi) is 5.43. The van der Waals surface area contributed by atoms with E-state index in [0.717, 1.165) is 28.7 Å². The quantitative estimate of drug-likeness (QED) is 0.390. The summed E-state index contributed by atoms with van der Waals surface area (Å²) in [6, 6.07) is 14.3. The van der Waals surface area contributed by atoms with Crippen molar-refractivity contribution in [2.24, 2.45) is 0 Å². The highest BCUT2D eigenvalue weighted by molar-refractivity contribution is 7.20. The van der Waals surface area contributed by atoms with Crippen LogP contribution in [0.5, 0.6) is 5.75 Å². The molecule has 2 aromatic carbocycles. The third-order valence-corrected chi connectivity index (χ3v) is 7.47. The number of carbonyl (C=O) groups is 1. The van der Waals surface area contributed by atoms with Crippen molar-refractivity contribution in [2.75, 3.05) is 38.2 Å². The molecule has 3 heterocycles. The van der Waals surface area contributed by atoms with E-state index >= 15 is 0 Å². The number of carbonyl (C=O) groups excluding carboxylic acids is 1. The van der Waals surface area contributed by atoms with E-state index in [2.05, 4.69) is 36.9 Å². The molecule has 32 heavy (non-hydrogen) atoms. The molecular weight excluding hydrogens is 442 g/mol. The number of methoxy groups -OCH3 is 1. The van der Waals surface area contributed by atoms with E-state index in [0.29, 0.717) is 34.3 Å². The predicted octanol–water partition coefficient (Wildman–Crippen LogP) is 5.69. The fourth-order valence-electron chi connectivity index (χ4n) is 4.38. The average Bonchev–Trinajstić information content (AvgIpc) is 3.21. The molecule has 1 saturated heterocycles. The molecule has 164 valence electrons. The maximum Gasteiger partial charge on any atom is 0.264 e. The molecule has 1 aliphatic rings. The van der Waals surface area contributed by atoms with E-state index in [1.54, 1.807) is 7.11 Å². The number of piperazine rings is 1. The number of nitrogens with zero attached hydrogens (tertiary/aromatic N) is 3. The number of aryl methyl sites for hydroxylation is 2. The summed E-state index contributed by atoms with van der Waals surface area (Å²) in [7, 11) is 1.59. The molecule has 0 radical (unpaired) electrons. The summed E-state index contributed by atoms with van der Waals surface area (Å²) in [4.78, 5) is 23.8. The Hall–Kier alpha value is -2.83. The summed E-state index contributed by atoms with van der Waals surface area (Å²) < 4.78 is 5.31. The Labute approximate surface area is 196 Å². The number of ether oxygens (including phenoxy) is 1. The monoisotopic (exact) mass is 465 g/mol. The van der Waals surface area contributed by atoms with Crippen molar-refractivity contribution >= 4 is 55.7 Å². The van der Waals surface area contributed by atoms with Gasteiger partial charge in [-0.15, -0.1) is 11.3 Å². The van der Waals surface area contributed by atoms with Crippen LogP contribution in [0.2, 0.25) is 5.02 Å². The van der Waals surface area contributed by atoms with Crippen LogP contribution in [0.4, 0.5) is 5.69 Å². The summed E-state index contributed by atoms with van der Waals surface area (Å²) in [5.41, 5.74) is 4.50. The minimum atomic E-state index is 0.0704. The van der Waals surface area contributed by atoms with E-state index in [1.165, 1.54) is 28.2 Å². The van der Waals surface area contributed by atoms with Crippen molar-refractivity contribution in [3.05, 3.63) is 63.5 Å². The van der Waals surface area contributed by atoms with Gasteiger partial charge in [0.2, 0.25) is 0 Å². The first-order chi connectivity index (χ1) is 15.4. The van der Waals surface area contributed by atoms with E-state index < -0.39 is 0 Å². The Morgan fingerprint density at radius 3 is 2.53 bits per heavy atom. The Morgan fingerprint density at radius 2 is 1.81 bits per heavy atom. The number of fused-ring (bicyclic) bond motifs is 2. The first kappa shape index (κ1) is 21.0. The fraction of sp³-hybridized carbons (Fsp3) is 0.280. The molecule has 0 aliphatic carbocycles. The maximum atomic E-state index is 13.2. The van der Waals surface area contributed by atoms with E-state index in [1.807, 2.05) is 29.2 Å². The third-order valence-electron chi connectivity index (χ3n) is 6.07. The van der Waals surface area contributed by atoms with Gasteiger partial charge in [0.15, 0.2) is 0 Å². The third kappa shape index (κ3) is 3.67. The Balaban J connectivity index is 1.37. The number of pyridine rings is 1. The van der Waals surface area contributed by atoms with Gasteiger partial charge in [-0.3, -0.25) is 4.79 Å². The smallest absolute Gasteiger partial charge is 0.264 e. The minimum absolute atomic E-state index is 0.0704. The van der Waals surface area contributed by atoms with Crippen molar-refractivity contribution in [3.63, 3.8) is 0 Å². The number of halogens is 1. The number of aromatic nitrogens is 1. The van der Waals surface area contributed by atoms with Gasteiger partial charge in [0, 0.05) is 42.6 Å². The van der Waals surface area contributed by atoms with Gasteiger partial charge in [-0.2, -0.15) is 0 Å². The molecule has 5 nitrogen and oxygen atoms in total.